The van der Waals surface area contributed by atoms with E-state index in [1.807, 2.05) is 23.0 Å². The number of nitrogens with zero attached hydrogens (tertiary/aromatic N) is 3. The van der Waals surface area contributed by atoms with Gasteiger partial charge in [0.1, 0.15) is 5.75 Å². The highest BCUT2D eigenvalue weighted by Gasteiger charge is 2.26. The third-order valence-corrected chi connectivity index (χ3v) is 3.55. The van der Waals surface area contributed by atoms with Gasteiger partial charge >= 0.3 is 5.97 Å². The zero-order valence-electron chi connectivity index (χ0n) is 14.1. The van der Waals surface area contributed by atoms with Crippen LogP contribution in [0.4, 0.5) is 0 Å². The molecular formula is C18H19N3O3. The zero-order chi connectivity index (χ0) is 17.3. The van der Waals surface area contributed by atoms with Crippen molar-refractivity contribution in [2.24, 2.45) is 4.99 Å². The molecule has 0 fully saturated rings. The van der Waals surface area contributed by atoms with Gasteiger partial charge in [-0.15, -0.1) is 0 Å². The Morgan fingerprint density at radius 1 is 1.25 bits per heavy atom. The summed E-state index contributed by atoms with van der Waals surface area (Å²) in [6.07, 6.45) is 5.24. The fraction of sp³-hybridized carbons (Fsp3) is 0.278. The third-order valence-electron chi connectivity index (χ3n) is 3.55. The molecule has 0 aliphatic carbocycles. The molecule has 0 unspecified atom stereocenters. The van der Waals surface area contributed by atoms with Gasteiger partial charge in [0.2, 0.25) is 5.90 Å². The van der Waals surface area contributed by atoms with Gasteiger partial charge in [-0.2, -0.15) is 5.10 Å². The van der Waals surface area contributed by atoms with Gasteiger partial charge in [-0.3, -0.25) is 4.68 Å². The molecule has 2 heterocycles. The Bertz CT molecular complexity index is 841. The molecule has 24 heavy (non-hydrogen) atoms. The maximum atomic E-state index is 12.1. The minimum absolute atomic E-state index is 0.126. The van der Waals surface area contributed by atoms with Gasteiger partial charge in [0.15, 0.2) is 5.70 Å². The second kappa shape index (κ2) is 5.96. The monoisotopic (exact) mass is 325 g/mol. The van der Waals surface area contributed by atoms with Gasteiger partial charge < -0.3 is 9.47 Å². The van der Waals surface area contributed by atoms with Crippen LogP contribution < -0.4 is 4.74 Å². The summed E-state index contributed by atoms with van der Waals surface area (Å²) < 4.78 is 12.4. The summed E-state index contributed by atoms with van der Waals surface area (Å²) in [5.41, 5.74) is 1.55. The number of cyclic esters (lactones) is 1. The van der Waals surface area contributed by atoms with E-state index in [2.05, 4.69) is 30.9 Å². The molecule has 0 spiro atoms. The molecule has 2 aromatic rings. The van der Waals surface area contributed by atoms with E-state index in [1.54, 1.807) is 31.5 Å². The van der Waals surface area contributed by atoms with Gasteiger partial charge in [0, 0.05) is 11.8 Å². The van der Waals surface area contributed by atoms with Gasteiger partial charge in [-0.1, -0.05) is 12.1 Å². The van der Waals surface area contributed by atoms with E-state index < -0.39 is 5.97 Å². The normalized spacial score (nSPS) is 16.2. The van der Waals surface area contributed by atoms with Gasteiger partial charge in [0.05, 0.1) is 24.4 Å². The summed E-state index contributed by atoms with van der Waals surface area (Å²) in [6, 6.07) is 7.27. The number of hydrogen-bond donors (Lipinski definition) is 0. The lowest BCUT2D eigenvalue weighted by Gasteiger charge is -2.18. The van der Waals surface area contributed by atoms with Crippen LogP contribution in [0.25, 0.3) is 6.08 Å². The molecule has 3 rings (SSSR count). The molecular weight excluding hydrogens is 306 g/mol. The highest BCUT2D eigenvalue weighted by Crippen LogP contribution is 2.25. The second-order valence-electron chi connectivity index (χ2n) is 6.43. The first-order chi connectivity index (χ1) is 11.4. The highest BCUT2D eigenvalue weighted by molar-refractivity contribution is 6.13. The Hall–Kier alpha value is -2.89. The number of esters is 1. The number of para-hydroxylation sites is 1. The van der Waals surface area contributed by atoms with E-state index >= 15 is 0 Å². The van der Waals surface area contributed by atoms with Crippen LogP contribution in [0, 0.1) is 0 Å². The van der Waals surface area contributed by atoms with Crippen LogP contribution in [-0.4, -0.2) is 28.8 Å². The molecule has 0 atom stereocenters. The zero-order valence-corrected chi connectivity index (χ0v) is 14.1. The van der Waals surface area contributed by atoms with Crippen molar-refractivity contribution in [1.82, 2.24) is 9.78 Å². The van der Waals surface area contributed by atoms with Crippen LogP contribution in [0.2, 0.25) is 0 Å². The minimum atomic E-state index is -0.487. The van der Waals surface area contributed by atoms with Crippen molar-refractivity contribution in [2.45, 2.75) is 26.3 Å². The second-order valence-corrected chi connectivity index (χ2v) is 6.43. The number of aliphatic imine (C=N–C) groups is 1. The smallest absolute Gasteiger partial charge is 0.363 e. The average molecular weight is 325 g/mol. The molecule has 0 N–H and O–H groups in total. The number of methoxy groups -OCH3 is 1. The molecule has 6 nitrogen and oxygen atoms in total. The summed E-state index contributed by atoms with van der Waals surface area (Å²) >= 11 is 0. The van der Waals surface area contributed by atoms with Gasteiger partial charge in [-0.25, -0.2) is 9.79 Å². The van der Waals surface area contributed by atoms with E-state index in [4.69, 9.17) is 9.47 Å². The quantitative estimate of drug-likeness (QED) is 0.643. The molecule has 0 saturated carbocycles. The van der Waals surface area contributed by atoms with E-state index in [-0.39, 0.29) is 17.1 Å². The molecule has 1 aromatic heterocycles. The van der Waals surface area contributed by atoms with Crippen molar-refractivity contribution >= 4 is 17.9 Å². The predicted molar refractivity (Wildman–Crippen MR) is 90.8 cm³/mol. The lowest BCUT2D eigenvalue weighted by Crippen LogP contribution is -2.21. The molecule has 1 aromatic carbocycles. The van der Waals surface area contributed by atoms with Crippen molar-refractivity contribution in [1.29, 1.82) is 0 Å². The first-order valence-corrected chi connectivity index (χ1v) is 7.59. The van der Waals surface area contributed by atoms with Crippen LogP contribution in [-0.2, 0) is 15.1 Å². The Morgan fingerprint density at radius 2 is 2.00 bits per heavy atom. The van der Waals surface area contributed by atoms with Crippen molar-refractivity contribution < 1.29 is 14.3 Å². The summed E-state index contributed by atoms with van der Waals surface area (Å²) in [4.78, 5) is 16.4. The summed E-state index contributed by atoms with van der Waals surface area (Å²) in [5, 5.41) is 4.31. The fourth-order valence-corrected chi connectivity index (χ4v) is 2.28. The van der Waals surface area contributed by atoms with Crippen LogP contribution in [0.1, 0.15) is 31.9 Å². The summed E-state index contributed by atoms with van der Waals surface area (Å²) in [6.45, 7) is 6.16. The van der Waals surface area contributed by atoms with Crippen LogP contribution in [0.5, 0.6) is 5.75 Å². The maximum Gasteiger partial charge on any atom is 0.363 e. The molecule has 1 aliphatic rings. The number of carbonyl (C=O) groups excluding carboxylic acids is 1. The van der Waals surface area contributed by atoms with Gasteiger partial charge in [-0.05, 0) is 39.0 Å². The van der Waals surface area contributed by atoms with Crippen molar-refractivity contribution in [3.8, 4) is 5.75 Å². The molecule has 6 heteroatoms. The molecule has 0 amide bonds. The van der Waals surface area contributed by atoms with Crippen LogP contribution in [0.3, 0.4) is 0 Å². The van der Waals surface area contributed by atoms with E-state index in [0.717, 1.165) is 5.56 Å². The topological polar surface area (TPSA) is 65.7 Å². The SMILES string of the molecule is COc1ccccc1C1=N/C(=C/c2cnn(C(C)(C)C)c2)C(=O)O1. The number of benzene rings is 1. The summed E-state index contributed by atoms with van der Waals surface area (Å²) in [5.74, 6) is 0.359. The van der Waals surface area contributed by atoms with E-state index in [0.29, 0.717) is 11.3 Å². The maximum absolute atomic E-state index is 12.1. The lowest BCUT2D eigenvalue weighted by atomic mass is 10.1. The molecule has 1 aliphatic heterocycles. The van der Waals surface area contributed by atoms with Gasteiger partial charge in [0.25, 0.3) is 0 Å². The molecule has 0 bridgehead atoms. The van der Waals surface area contributed by atoms with Crippen molar-refractivity contribution in [3.05, 3.63) is 53.5 Å². The van der Waals surface area contributed by atoms with E-state index in [1.165, 1.54) is 0 Å². The Labute approximate surface area is 140 Å². The highest BCUT2D eigenvalue weighted by atomic mass is 16.6. The number of rotatable bonds is 3. The number of carbonyl (C=O) groups is 1. The number of hydrogen-bond acceptors (Lipinski definition) is 5. The Kier molecular flexibility index (Phi) is 3.97. The van der Waals surface area contributed by atoms with Crippen LogP contribution in [0.15, 0.2) is 47.3 Å². The predicted octanol–water partition coefficient (Wildman–Crippen LogP) is 2.99. The number of ether oxygens (including phenoxy) is 2. The minimum Gasteiger partial charge on any atom is -0.496 e. The number of aromatic nitrogens is 2. The average Bonchev–Trinajstić information content (AvgIpc) is 3.15. The first-order valence-electron chi connectivity index (χ1n) is 7.59. The fourth-order valence-electron chi connectivity index (χ4n) is 2.28. The Morgan fingerprint density at radius 3 is 2.67 bits per heavy atom. The Balaban J connectivity index is 1.93. The third kappa shape index (κ3) is 3.08. The van der Waals surface area contributed by atoms with Crippen molar-refractivity contribution in [2.75, 3.05) is 7.11 Å². The molecule has 0 saturated heterocycles. The van der Waals surface area contributed by atoms with Crippen molar-refractivity contribution in [3.63, 3.8) is 0 Å². The molecule has 0 radical (unpaired) electrons. The van der Waals surface area contributed by atoms with E-state index in [9.17, 15) is 4.79 Å². The first kappa shape index (κ1) is 16.0. The molecule has 124 valence electrons. The lowest BCUT2D eigenvalue weighted by molar-refractivity contribution is -0.129. The van der Waals surface area contributed by atoms with Crippen LogP contribution >= 0.6 is 0 Å². The summed E-state index contributed by atoms with van der Waals surface area (Å²) in [7, 11) is 1.56. The standard InChI is InChI=1S/C18H19N3O3/c1-18(2,3)21-11-12(10-19-21)9-14-17(22)24-16(20-14)13-7-5-6-8-15(13)23-4/h5-11H,1-4H3/b14-9+. The largest absolute Gasteiger partial charge is 0.496 e.